The Hall–Kier alpha value is -3.54. The molecule has 2 heterocycles. The average molecular weight is 570 g/mol. The van der Waals surface area contributed by atoms with Gasteiger partial charge in [-0.1, -0.05) is 37.8 Å². The van der Waals surface area contributed by atoms with E-state index in [2.05, 4.69) is 28.8 Å². The molecule has 42 heavy (non-hydrogen) atoms. The summed E-state index contributed by atoms with van der Waals surface area (Å²) in [5, 5.41) is 11.1. The zero-order valence-corrected chi connectivity index (χ0v) is 25.4. The molecular formula is C36H43NO5. The number of esters is 1. The van der Waals surface area contributed by atoms with Crippen LogP contribution in [0, 0.1) is 11.8 Å². The van der Waals surface area contributed by atoms with Gasteiger partial charge in [0.05, 0.1) is 24.3 Å². The lowest BCUT2D eigenvalue weighted by Gasteiger charge is -2.29. The molecular weight excluding hydrogens is 526 g/mol. The highest BCUT2D eigenvalue weighted by Gasteiger charge is 2.34. The van der Waals surface area contributed by atoms with Crippen LogP contribution in [-0.4, -0.2) is 34.3 Å². The maximum Gasteiger partial charge on any atom is 0.338 e. The molecule has 6 nitrogen and oxygen atoms in total. The van der Waals surface area contributed by atoms with E-state index < -0.39 is 11.6 Å². The Balaban J connectivity index is 1.57. The molecule has 0 spiro atoms. The first kappa shape index (κ1) is 28.6. The monoisotopic (exact) mass is 569 g/mol. The Labute approximate surface area is 248 Å². The molecule has 0 amide bonds. The molecule has 6 heteroatoms. The molecule has 3 aromatic rings. The van der Waals surface area contributed by atoms with Crippen LogP contribution in [0.3, 0.4) is 0 Å². The maximum atomic E-state index is 13.2. The predicted octanol–water partition coefficient (Wildman–Crippen LogP) is 8.61. The van der Waals surface area contributed by atoms with E-state index in [0.717, 1.165) is 48.9 Å². The van der Waals surface area contributed by atoms with Crippen molar-refractivity contribution in [2.75, 3.05) is 7.11 Å². The molecule has 3 aliphatic rings. The molecule has 2 unspecified atom stereocenters. The van der Waals surface area contributed by atoms with Gasteiger partial charge in [0.15, 0.2) is 0 Å². The first-order valence-electron chi connectivity index (χ1n) is 15.6. The van der Waals surface area contributed by atoms with Crippen molar-refractivity contribution >= 4 is 28.9 Å². The number of carboxylic acids is 1. The van der Waals surface area contributed by atoms with Crippen LogP contribution < -0.4 is 4.74 Å². The third-order valence-electron chi connectivity index (χ3n) is 9.50. The topological polar surface area (TPSA) is 77.8 Å². The quantitative estimate of drug-likeness (QED) is 0.311. The highest BCUT2D eigenvalue weighted by atomic mass is 16.6. The van der Waals surface area contributed by atoms with E-state index >= 15 is 0 Å². The number of methoxy groups -OCH3 is 1. The van der Waals surface area contributed by atoms with Gasteiger partial charge in [0.25, 0.3) is 0 Å². The van der Waals surface area contributed by atoms with Gasteiger partial charge in [0, 0.05) is 23.0 Å². The highest BCUT2D eigenvalue weighted by Crippen LogP contribution is 2.48. The van der Waals surface area contributed by atoms with Crippen molar-refractivity contribution in [3.05, 3.63) is 58.7 Å². The fourth-order valence-electron chi connectivity index (χ4n) is 7.53. The molecule has 2 aliphatic carbocycles. The van der Waals surface area contributed by atoms with Gasteiger partial charge in [-0.2, -0.15) is 0 Å². The molecule has 0 radical (unpaired) electrons. The summed E-state index contributed by atoms with van der Waals surface area (Å²) in [5.41, 5.74) is 7.19. The molecule has 6 rings (SSSR count). The SMILES string of the molecule is COc1ccc2c(c1)C=C(C1CCCC(C(=O)O)C1)Cn1c-2c(C2CCCCC2)c2ccc(C(=O)OC(C)(C)C)cc21. The number of carboxylic acid groups (broad SMARTS) is 1. The van der Waals surface area contributed by atoms with Crippen LogP contribution in [0.5, 0.6) is 5.75 Å². The lowest BCUT2D eigenvalue weighted by molar-refractivity contribution is -0.143. The summed E-state index contributed by atoms with van der Waals surface area (Å²) < 4.78 is 13.8. The fraction of sp³-hybridized carbons (Fsp3) is 0.500. The van der Waals surface area contributed by atoms with Gasteiger partial charge >= 0.3 is 11.9 Å². The third kappa shape index (κ3) is 5.48. The number of carbonyl (C=O) groups is 2. The van der Waals surface area contributed by atoms with Gasteiger partial charge < -0.3 is 19.1 Å². The Morgan fingerprint density at radius 1 is 0.929 bits per heavy atom. The van der Waals surface area contributed by atoms with E-state index in [-0.39, 0.29) is 17.8 Å². The van der Waals surface area contributed by atoms with Crippen molar-refractivity contribution < 1.29 is 24.2 Å². The Morgan fingerprint density at radius 3 is 2.40 bits per heavy atom. The molecule has 0 saturated heterocycles. The first-order valence-corrected chi connectivity index (χ1v) is 15.6. The van der Waals surface area contributed by atoms with Crippen LogP contribution in [0.2, 0.25) is 0 Å². The minimum atomic E-state index is -0.690. The number of nitrogens with zero attached hydrogens (tertiary/aromatic N) is 1. The van der Waals surface area contributed by atoms with Gasteiger partial charge in [-0.3, -0.25) is 4.79 Å². The third-order valence-corrected chi connectivity index (χ3v) is 9.50. The molecule has 1 aliphatic heterocycles. The van der Waals surface area contributed by atoms with Gasteiger partial charge in [-0.15, -0.1) is 0 Å². The van der Waals surface area contributed by atoms with Gasteiger partial charge in [0.2, 0.25) is 0 Å². The minimum absolute atomic E-state index is 0.189. The Morgan fingerprint density at radius 2 is 1.69 bits per heavy atom. The van der Waals surface area contributed by atoms with E-state index in [1.165, 1.54) is 47.0 Å². The van der Waals surface area contributed by atoms with Crippen LogP contribution in [0.15, 0.2) is 42.0 Å². The number of aliphatic carboxylic acids is 1. The highest BCUT2D eigenvalue weighted by molar-refractivity contribution is 6.00. The number of carbonyl (C=O) groups excluding carboxylic acids is 1. The molecule has 222 valence electrons. The molecule has 2 fully saturated rings. The van der Waals surface area contributed by atoms with Crippen molar-refractivity contribution in [3.63, 3.8) is 0 Å². The van der Waals surface area contributed by atoms with E-state index in [9.17, 15) is 14.7 Å². The summed E-state index contributed by atoms with van der Waals surface area (Å²) in [7, 11) is 1.70. The van der Waals surface area contributed by atoms with Crippen LogP contribution in [-0.2, 0) is 16.1 Å². The number of benzene rings is 2. The van der Waals surface area contributed by atoms with Crippen molar-refractivity contribution in [2.45, 2.75) is 96.6 Å². The Kier molecular flexibility index (Phi) is 7.67. The van der Waals surface area contributed by atoms with E-state index in [1.807, 2.05) is 39.0 Å². The number of ether oxygens (including phenoxy) is 2. The Bertz CT molecular complexity index is 1550. The second-order valence-corrected chi connectivity index (χ2v) is 13.5. The fourth-order valence-corrected chi connectivity index (χ4v) is 7.53. The zero-order chi connectivity index (χ0) is 29.6. The van der Waals surface area contributed by atoms with Gasteiger partial charge in [0.1, 0.15) is 11.4 Å². The second kappa shape index (κ2) is 11.3. The number of aromatic nitrogens is 1. The summed E-state index contributed by atoms with van der Waals surface area (Å²) >= 11 is 0. The molecule has 2 aromatic carbocycles. The smallest absolute Gasteiger partial charge is 0.338 e. The number of rotatable bonds is 5. The predicted molar refractivity (Wildman–Crippen MR) is 166 cm³/mol. The van der Waals surface area contributed by atoms with Crippen molar-refractivity contribution in [1.29, 1.82) is 0 Å². The maximum absolute atomic E-state index is 13.2. The molecule has 0 bridgehead atoms. The van der Waals surface area contributed by atoms with Crippen LogP contribution in [0.25, 0.3) is 28.2 Å². The minimum Gasteiger partial charge on any atom is -0.497 e. The summed E-state index contributed by atoms with van der Waals surface area (Å²) in [6, 6.07) is 12.4. The second-order valence-electron chi connectivity index (χ2n) is 13.5. The summed E-state index contributed by atoms with van der Waals surface area (Å²) in [4.78, 5) is 25.2. The lowest BCUT2D eigenvalue weighted by atomic mass is 9.77. The van der Waals surface area contributed by atoms with Crippen LogP contribution in [0.4, 0.5) is 0 Å². The van der Waals surface area contributed by atoms with Crippen LogP contribution >= 0.6 is 0 Å². The van der Waals surface area contributed by atoms with E-state index in [0.29, 0.717) is 24.4 Å². The molecule has 1 aromatic heterocycles. The largest absolute Gasteiger partial charge is 0.497 e. The summed E-state index contributed by atoms with van der Waals surface area (Å²) in [5.74, 6) is 0.138. The van der Waals surface area contributed by atoms with Crippen molar-refractivity contribution in [1.82, 2.24) is 4.57 Å². The van der Waals surface area contributed by atoms with Gasteiger partial charge in [-0.05, 0) is 112 Å². The van der Waals surface area contributed by atoms with Crippen LogP contribution in [0.1, 0.15) is 106 Å². The standard InChI is InChI=1S/C36H43NO5/c1-36(2,3)42-35(40)25-13-15-30-31(20-25)37-21-27(23-11-8-12-24(17-23)34(38)39)18-26-19-28(41-4)14-16-29(26)33(37)32(30)22-9-6-5-7-10-22/h13-16,18-20,22-24H,5-12,17,21H2,1-4H3,(H,38,39). The normalized spacial score (nSPS) is 21.2. The molecule has 1 N–H and O–H groups in total. The first-order chi connectivity index (χ1) is 20.1. The number of hydrogen-bond donors (Lipinski definition) is 1. The number of allylic oxidation sites excluding steroid dienone is 1. The molecule has 2 saturated carbocycles. The average Bonchev–Trinajstić information content (AvgIpc) is 3.19. The summed E-state index contributed by atoms with van der Waals surface area (Å²) in [6.07, 6.45) is 11.7. The number of hydrogen-bond acceptors (Lipinski definition) is 4. The summed E-state index contributed by atoms with van der Waals surface area (Å²) in [6.45, 7) is 6.35. The lowest BCUT2D eigenvalue weighted by Crippen LogP contribution is -2.24. The van der Waals surface area contributed by atoms with Crippen molar-refractivity contribution in [3.8, 4) is 17.0 Å². The zero-order valence-electron chi connectivity index (χ0n) is 25.4. The molecule has 2 atom stereocenters. The van der Waals surface area contributed by atoms with E-state index in [4.69, 9.17) is 9.47 Å². The van der Waals surface area contributed by atoms with Crippen molar-refractivity contribution in [2.24, 2.45) is 11.8 Å². The van der Waals surface area contributed by atoms with E-state index in [1.54, 1.807) is 7.11 Å². The van der Waals surface area contributed by atoms with Gasteiger partial charge in [-0.25, -0.2) is 4.79 Å². The number of fused-ring (bicyclic) bond motifs is 5.